The van der Waals surface area contributed by atoms with Crippen LogP contribution in [0.15, 0.2) is 17.5 Å². The van der Waals surface area contributed by atoms with E-state index in [1.54, 1.807) is 18.4 Å². The third-order valence-electron chi connectivity index (χ3n) is 2.88. The van der Waals surface area contributed by atoms with Gasteiger partial charge in [-0.15, -0.1) is 11.3 Å². The van der Waals surface area contributed by atoms with Crippen LogP contribution in [0.25, 0.3) is 0 Å². The SMILES string of the molecule is CCNC(C)CC(=O)N(CCOC)Cc1cccs1. The van der Waals surface area contributed by atoms with Crippen molar-refractivity contribution in [2.75, 3.05) is 26.8 Å². The van der Waals surface area contributed by atoms with E-state index >= 15 is 0 Å². The summed E-state index contributed by atoms with van der Waals surface area (Å²) in [4.78, 5) is 15.4. The number of hydrogen-bond acceptors (Lipinski definition) is 4. The molecule has 0 aliphatic heterocycles. The minimum atomic E-state index is 0.180. The number of rotatable bonds is 9. The van der Waals surface area contributed by atoms with Crippen molar-refractivity contribution >= 4 is 17.2 Å². The van der Waals surface area contributed by atoms with Gasteiger partial charge in [0.2, 0.25) is 5.91 Å². The van der Waals surface area contributed by atoms with Crippen LogP contribution in [-0.2, 0) is 16.1 Å². The molecule has 1 unspecified atom stereocenters. The Morgan fingerprint density at radius 3 is 2.95 bits per heavy atom. The summed E-state index contributed by atoms with van der Waals surface area (Å²) < 4.78 is 5.09. The summed E-state index contributed by atoms with van der Waals surface area (Å²) in [5.41, 5.74) is 0. The zero-order valence-electron chi connectivity index (χ0n) is 12.0. The molecule has 1 amide bonds. The van der Waals surface area contributed by atoms with E-state index in [1.807, 2.05) is 23.3 Å². The van der Waals surface area contributed by atoms with Crippen LogP contribution in [0.5, 0.6) is 0 Å². The lowest BCUT2D eigenvalue weighted by atomic mass is 10.2. The summed E-state index contributed by atoms with van der Waals surface area (Å²) in [5, 5.41) is 5.31. The maximum absolute atomic E-state index is 12.3. The molecular weight excluding hydrogens is 260 g/mol. The lowest BCUT2D eigenvalue weighted by Crippen LogP contribution is -2.38. The standard InChI is InChI=1S/C14H24N2O2S/c1-4-15-12(2)10-14(17)16(7-8-18-3)11-13-6-5-9-19-13/h5-6,9,12,15H,4,7-8,10-11H2,1-3H3. The molecule has 1 rings (SSSR count). The molecule has 0 aliphatic rings. The highest BCUT2D eigenvalue weighted by molar-refractivity contribution is 7.09. The molecule has 108 valence electrons. The van der Waals surface area contributed by atoms with Crippen molar-refractivity contribution in [2.24, 2.45) is 0 Å². The number of ether oxygens (including phenoxy) is 1. The molecule has 1 heterocycles. The van der Waals surface area contributed by atoms with Crippen molar-refractivity contribution in [1.29, 1.82) is 0 Å². The lowest BCUT2D eigenvalue weighted by Gasteiger charge is -2.23. The highest BCUT2D eigenvalue weighted by Crippen LogP contribution is 2.13. The third-order valence-corrected chi connectivity index (χ3v) is 3.74. The largest absolute Gasteiger partial charge is 0.383 e. The second-order valence-electron chi connectivity index (χ2n) is 4.55. The molecule has 0 radical (unpaired) electrons. The number of nitrogens with zero attached hydrogens (tertiary/aromatic N) is 1. The second kappa shape index (κ2) is 9.07. The topological polar surface area (TPSA) is 41.6 Å². The van der Waals surface area contributed by atoms with Gasteiger partial charge in [-0.3, -0.25) is 4.79 Å². The molecule has 1 aromatic rings. The molecule has 1 atom stereocenters. The number of carbonyl (C=O) groups excluding carboxylic acids is 1. The smallest absolute Gasteiger partial charge is 0.224 e. The van der Waals surface area contributed by atoms with Crippen molar-refractivity contribution in [3.63, 3.8) is 0 Å². The first-order valence-corrected chi connectivity index (χ1v) is 7.57. The van der Waals surface area contributed by atoms with Gasteiger partial charge in [0, 0.05) is 31.0 Å². The fourth-order valence-corrected chi connectivity index (χ4v) is 2.62. The molecule has 0 aliphatic carbocycles. The Balaban J connectivity index is 2.54. The second-order valence-corrected chi connectivity index (χ2v) is 5.58. The van der Waals surface area contributed by atoms with Gasteiger partial charge in [0.15, 0.2) is 0 Å². The molecule has 0 fully saturated rings. The first-order chi connectivity index (χ1) is 9.17. The van der Waals surface area contributed by atoms with Crippen molar-refractivity contribution in [3.8, 4) is 0 Å². The van der Waals surface area contributed by atoms with Crippen molar-refractivity contribution in [3.05, 3.63) is 22.4 Å². The molecule has 4 nitrogen and oxygen atoms in total. The highest BCUT2D eigenvalue weighted by atomic mass is 32.1. The molecule has 0 saturated heterocycles. The van der Waals surface area contributed by atoms with Gasteiger partial charge in [-0.1, -0.05) is 13.0 Å². The molecule has 1 aromatic heterocycles. The van der Waals surface area contributed by atoms with E-state index in [0.717, 1.165) is 6.54 Å². The number of amides is 1. The number of nitrogens with one attached hydrogen (secondary N) is 1. The summed E-state index contributed by atoms with van der Waals surface area (Å²) in [6, 6.07) is 4.29. The number of thiophene rings is 1. The van der Waals surface area contributed by atoms with Crippen LogP contribution in [0.3, 0.4) is 0 Å². The number of carbonyl (C=O) groups is 1. The van der Waals surface area contributed by atoms with Gasteiger partial charge >= 0.3 is 0 Å². The normalized spacial score (nSPS) is 12.4. The molecule has 0 bridgehead atoms. The van der Waals surface area contributed by atoms with E-state index in [-0.39, 0.29) is 11.9 Å². The Labute approximate surface area is 119 Å². The predicted molar refractivity (Wildman–Crippen MR) is 79.4 cm³/mol. The van der Waals surface area contributed by atoms with E-state index in [2.05, 4.69) is 18.3 Å². The molecule has 0 spiro atoms. The number of hydrogen-bond donors (Lipinski definition) is 1. The average molecular weight is 284 g/mol. The Hall–Kier alpha value is -0.910. The van der Waals surface area contributed by atoms with Gasteiger partial charge in [0.05, 0.1) is 13.2 Å². The van der Waals surface area contributed by atoms with E-state index in [4.69, 9.17) is 4.74 Å². The summed E-state index contributed by atoms with van der Waals surface area (Å²) in [6.45, 7) is 6.88. The van der Waals surface area contributed by atoms with Crippen LogP contribution in [0.4, 0.5) is 0 Å². The molecular formula is C14H24N2O2S. The average Bonchev–Trinajstić information content (AvgIpc) is 2.87. The van der Waals surface area contributed by atoms with Crippen LogP contribution in [0, 0.1) is 0 Å². The molecule has 1 N–H and O–H groups in total. The Morgan fingerprint density at radius 1 is 1.58 bits per heavy atom. The molecule has 0 aromatic carbocycles. The fourth-order valence-electron chi connectivity index (χ4n) is 1.90. The van der Waals surface area contributed by atoms with Gasteiger partial charge in [-0.05, 0) is 24.9 Å². The minimum absolute atomic E-state index is 0.180. The van der Waals surface area contributed by atoms with E-state index in [1.165, 1.54) is 4.88 Å². The Kier molecular flexibility index (Phi) is 7.70. The number of methoxy groups -OCH3 is 1. The quantitative estimate of drug-likeness (QED) is 0.755. The van der Waals surface area contributed by atoms with Gasteiger partial charge in [-0.2, -0.15) is 0 Å². The molecule has 0 saturated carbocycles. The van der Waals surface area contributed by atoms with Gasteiger partial charge in [0.1, 0.15) is 0 Å². The van der Waals surface area contributed by atoms with Crippen LogP contribution in [-0.4, -0.2) is 43.7 Å². The molecule has 19 heavy (non-hydrogen) atoms. The minimum Gasteiger partial charge on any atom is -0.383 e. The zero-order chi connectivity index (χ0) is 14.1. The van der Waals surface area contributed by atoms with Gasteiger partial charge in [0.25, 0.3) is 0 Å². The summed E-state index contributed by atoms with van der Waals surface area (Å²) in [6.07, 6.45) is 0.531. The van der Waals surface area contributed by atoms with Crippen LogP contribution >= 0.6 is 11.3 Å². The highest BCUT2D eigenvalue weighted by Gasteiger charge is 2.16. The Bertz CT molecular complexity index is 354. The van der Waals surface area contributed by atoms with Crippen LogP contribution in [0.1, 0.15) is 25.1 Å². The predicted octanol–water partition coefficient (Wildman–Crippen LogP) is 2.11. The lowest BCUT2D eigenvalue weighted by molar-refractivity contribution is -0.132. The summed E-state index contributed by atoms with van der Waals surface area (Å²) in [5.74, 6) is 0.180. The van der Waals surface area contributed by atoms with Gasteiger partial charge < -0.3 is 15.0 Å². The molecule has 5 heteroatoms. The van der Waals surface area contributed by atoms with E-state index < -0.39 is 0 Å². The van der Waals surface area contributed by atoms with Gasteiger partial charge in [-0.25, -0.2) is 0 Å². The maximum Gasteiger partial charge on any atom is 0.224 e. The fraction of sp³-hybridized carbons (Fsp3) is 0.643. The first-order valence-electron chi connectivity index (χ1n) is 6.69. The van der Waals surface area contributed by atoms with Crippen molar-refractivity contribution in [2.45, 2.75) is 32.9 Å². The summed E-state index contributed by atoms with van der Waals surface area (Å²) >= 11 is 1.68. The maximum atomic E-state index is 12.3. The van der Waals surface area contributed by atoms with E-state index in [0.29, 0.717) is 26.1 Å². The first kappa shape index (κ1) is 16.1. The monoisotopic (exact) mass is 284 g/mol. The summed E-state index contributed by atoms with van der Waals surface area (Å²) in [7, 11) is 1.66. The van der Waals surface area contributed by atoms with Crippen LogP contribution < -0.4 is 5.32 Å². The Morgan fingerprint density at radius 2 is 2.37 bits per heavy atom. The third kappa shape index (κ3) is 6.18. The zero-order valence-corrected chi connectivity index (χ0v) is 12.8. The van der Waals surface area contributed by atoms with Crippen molar-refractivity contribution in [1.82, 2.24) is 10.2 Å². The van der Waals surface area contributed by atoms with Crippen molar-refractivity contribution < 1.29 is 9.53 Å². The van der Waals surface area contributed by atoms with Crippen LogP contribution in [0.2, 0.25) is 0 Å². The van der Waals surface area contributed by atoms with E-state index in [9.17, 15) is 4.79 Å².